The normalized spacial score (nSPS) is 13.5. The Labute approximate surface area is 197 Å². The van der Waals surface area contributed by atoms with Crippen molar-refractivity contribution in [3.05, 3.63) is 104 Å². The maximum atomic E-state index is 13.0. The maximum absolute atomic E-state index is 13.0. The van der Waals surface area contributed by atoms with E-state index in [2.05, 4.69) is 4.90 Å². The molecule has 1 aromatic heterocycles. The van der Waals surface area contributed by atoms with Crippen LogP contribution in [0.2, 0.25) is 5.02 Å². The molecular formula is C27H24ClNO4. The molecule has 6 heteroatoms. The number of hydrogen-bond donors (Lipinski definition) is 0. The molecule has 0 fully saturated rings. The summed E-state index contributed by atoms with van der Waals surface area (Å²) >= 11 is 6.62. The van der Waals surface area contributed by atoms with Crippen molar-refractivity contribution in [2.45, 2.75) is 26.4 Å². The van der Waals surface area contributed by atoms with E-state index in [-0.39, 0.29) is 5.63 Å². The van der Waals surface area contributed by atoms with Crippen molar-refractivity contribution in [2.75, 3.05) is 13.8 Å². The molecule has 0 N–H and O–H groups in total. The topological polar surface area (TPSA) is 51.9 Å². The number of rotatable bonds is 5. The summed E-state index contributed by atoms with van der Waals surface area (Å²) in [4.78, 5) is 15.1. The smallest absolute Gasteiger partial charge is 0.340 e. The molecule has 0 spiro atoms. The minimum absolute atomic E-state index is 0.324. The van der Waals surface area contributed by atoms with Gasteiger partial charge in [0.25, 0.3) is 0 Å². The highest BCUT2D eigenvalue weighted by Crippen LogP contribution is 2.40. The molecular weight excluding hydrogens is 438 g/mol. The fourth-order valence-electron chi connectivity index (χ4n) is 4.44. The Kier molecular flexibility index (Phi) is 5.83. The van der Waals surface area contributed by atoms with Crippen LogP contribution in [0.25, 0.3) is 11.0 Å². The minimum atomic E-state index is -0.324. The Hall–Kier alpha value is -3.28. The van der Waals surface area contributed by atoms with Gasteiger partial charge in [-0.25, -0.2) is 4.79 Å². The van der Waals surface area contributed by atoms with Gasteiger partial charge in [0.15, 0.2) is 0 Å². The van der Waals surface area contributed by atoms with E-state index in [9.17, 15) is 4.79 Å². The second-order valence-electron chi connectivity index (χ2n) is 8.27. The first-order chi connectivity index (χ1) is 16.0. The van der Waals surface area contributed by atoms with Crippen molar-refractivity contribution < 1.29 is 13.9 Å². The quantitative estimate of drug-likeness (QED) is 0.356. The lowest BCUT2D eigenvalue weighted by atomic mass is 9.97. The van der Waals surface area contributed by atoms with Crippen LogP contribution in [0.5, 0.6) is 11.5 Å². The van der Waals surface area contributed by atoms with Crippen molar-refractivity contribution in [2.24, 2.45) is 0 Å². The summed E-state index contributed by atoms with van der Waals surface area (Å²) in [6.07, 6.45) is 0.510. The fraction of sp³-hybridized carbons (Fsp3) is 0.222. The number of fused-ring (bicyclic) bond motifs is 3. The Bertz CT molecular complexity index is 1380. The highest BCUT2D eigenvalue weighted by molar-refractivity contribution is 6.33. The van der Waals surface area contributed by atoms with Crippen LogP contribution >= 0.6 is 11.6 Å². The Morgan fingerprint density at radius 2 is 1.85 bits per heavy atom. The zero-order valence-corrected chi connectivity index (χ0v) is 19.3. The van der Waals surface area contributed by atoms with Crippen LogP contribution in [0.3, 0.4) is 0 Å². The van der Waals surface area contributed by atoms with Gasteiger partial charge in [0.2, 0.25) is 0 Å². The largest absolute Gasteiger partial charge is 0.496 e. The van der Waals surface area contributed by atoms with E-state index in [0.717, 1.165) is 33.4 Å². The molecule has 0 atom stereocenters. The molecule has 0 radical (unpaired) electrons. The fourth-order valence-corrected chi connectivity index (χ4v) is 4.72. The van der Waals surface area contributed by atoms with Crippen molar-refractivity contribution in [1.82, 2.24) is 4.90 Å². The highest BCUT2D eigenvalue weighted by atomic mass is 35.5. The van der Waals surface area contributed by atoms with Crippen LogP contribution in [0, 0.1) is 6.92 Å². The van der Waals surface area contributed by atoms with Gasteiger partial charge in [-0.1, -0.05) is 60.1 Å². The van der Waals surface area contributed by atoms with Crippen LogP contribution in [0.1, 0.15) is 27.8 Å². The number of methoxy groups -OCH3 is 1. The predicted octanol–water partition coefficient (Wildman–Crippen LogP) is 5.71. The van der Waals surface area contributed by atoms with E-state index >= 15 is 0 Å². The number of halogens is 1. The predicted molar refractivity (Wildman–Crippen MR) is 129 cm³/mol. The molecule has 33 heavy (non-hydrogen) atoms. The second-order valence-corrected chi connectivity index (χ2v) is 8.68. The molecule has 0 saturated carbocycles. The number of para-hydroxylation sites is 1. The van der Waals surface area contributed by atoms with E-state index in [4.69, 9.17) is 25.5 Å². The molecule has 1 aliphatic heterocycles. The van der Waals surface area contributed by atoms with Gasteiger partial charge < -0.3 is 13.9 Å². The summed E-state index contributed by atoms with van der Waals surface area (Å²) in [5.41, 5.74) is 4.66. The molecule has 1 aliphatic rings. The van der Waals surface area contributed by atoms with E-state index in [1.807, 2.05) is 67.6 Å². The van der Waals surface area contributed by atoms with Gasteiger partial charge in [-0.3, -0.25) is 4.90 Å². The maximum Gasteiger partial charge on any atom is 0.340 e. The summed E-state index contributed by atoms with van der Waals surface area (Å²) in [5.74, 6) is 1.41. The average molecular weight is 462 g/mol. The van der Waals surface area contributed by atoms with Crippen molar-refractivity contribution >= 4 is 22.6 Å². The van der Waals surface area contributed by atoms with E-state index in [0.29, 0.717) is 48.2 Å². The molecule has 4 aromatic rings. The lowest BCUT2D eigenvalue weighted by Gasteiger charge is -2.30. The summed E-state index contributed by atoms with van der Waals surface area (Å²) in [7, 11) is 1.67. The lowest BCUT2D eigenvalue weighted by Crippen LogP contribution is -2.32. The third kappa shape index (κ3) is 4.10. The van der Waals surface area contributed by atoms with Crippen LogP contribution in [-0.2, 0) is 19.5 Å². The van der Waals surface area contributed by atoms with Gasteiger partial charge in [-0.2, -0.15) is 0 Å². The number of aryl methyl sites for hydroxylation is 1. The molecule has 5 nitrogen and oxygen atoms in total. The van der Waals surface area contributed by atoms with E-state index < -0.39 is 0 Å². The molecule has 0 saturated heterocycles. The second kappa shape index (κ2) is 8.93. The highest BCUT2D eigenvalue weighted by Gasteiger charge is 2.26. The van der Waals surface area contributed by atoms with Crippen LogP contribution < -0.4 is 15.1 Å². The van der Waals surface area contributed by atoms with Crippen LogP contribution in [-0.4, -0.2) is 18.7 Å². The van der Waals surface area contributed by atoms with Crippen molar-refractivity contribution in [1.29, 1.82) is 0 Å². The molecule has 0 amide bonds. The lowest BCUT2D eigenvalue weighted by molar-refractivity contribution is 0.0883. The Balaban J connectivity index is 1.54. The van der Waals surface area contributed by atoms with Crippen LogP contribution in [0.4, 0.5) is 0 Å². The summed E-state index contributed by atoms with van der Waals surface area (Å²) < 4.78 is 17.4. The number of benzene rings is 3. The monoisotopic (exact) mass is 461 g/mol. The van der Waals surface area contributed by atoms with Gasteiger partial charge in [-0.05, 0) is 30.2 Å². The molecule has 0 unspecified atom stereocenters. The summed E-state index contributed by atoms with van der Waals surface area (Å²) in [5, 5.41) is 1.36. The van der Waals surface area contributed by atoms with Gasteiger partial charge >= 0.3 is 5.63 Å². The van der Waals surface area contributed by atoms with Crippen molar-refractivity contribution in [3.63, 3.8) is 0 Å². The van der Waals surface area contributed by atoms with Gasteiger partial charge in [0, 0.05) is 36.0 Å². The van der Waals surface area contributed by atoms with Gasteiger partial charge in [0.05, 0.1) is 17.7 Å². The van der Waals surface area contributed by atoms with Crippen LogP contribution in [0.15, 0.2) is 69.9 Å². The molecule has 0 aliphatic carbocycles. The molecule has 3 aromatic carbocycles. The molecule has 5 rings (SSSR count). The first kappa shape index (κ1) is 21.6. The molecule has 0 bridgehead atoms. The molecule has 168 valence electrons. The minimum Gasteiger partial charge on any atom is -0.496 e. The number of hydrogen-bond acceptors (Lipinski definition) is 5. The van der Waals surface area contributed by atoms with Gasteiger partial charge in [0.1, 0.15) is 23.8 Å². The third-order valence-corrected chi connectivity index (χ3v) is 6.44. The van der Waals surface area contributed by atoms with E-state index in [1.54, 1.807) is 7.11 Å². The van der Waals surface area contributed by atoms with Crippen molar-refractivity contribution in [3.8, 4) is 11.5 Å². The van der Waals surface area contributed by atoms with Gasteiger partial charge in [-0.15, -0.1) is 0 Å². The number of ether oxygens (including phenoxy) is 2. The summed E-state index contributed by atoms with van der Waals surface area (Å²) in [6.45, 7) is 3.51. The SMILES string of the molecule is COc1ccccc1CN1COc2c(Cl)cc3c(C)c(Cc4ccccc4)c(=O)oc3c2C1. The average Bonchev–Trinajstić information content (AvgIpc) is 2.84. The Morgan fingerprint density at radius 3 is 2.64 bits per heavy atom. The first-order valence-corrected chi connectivity index (χ1v) is 11.2. The molecule has 2 heterocycles. The van der Waals surface area contributed by atoms with E-state index in [1.165, 1.54) is 0 Å². The summed E-state index contributed by atoms with van der Waals surface area (Å²) in [6, 6.07) is 19.7. The Morgan fingerprint density at radius 1 is 1.09 bits per heavy atom. The number of nitrogens with zero attached hydrogens (tertiary/aromatic N) is 1. The first-order valence-electron chi connectivity index (χ1n) is 10.8. The third-order valence-electron chi connectivity index (χ3n) is 6.16. The zero-order chi connectivity index (χ0) is 22.9. The standard InChI is InChI=1S/C27H24ClNO4/c1-17-20-13-23(28)26-22(15-29(16-32-26)14-19-10-6-7-11-24(19)31-2)25(20)33-27(30)21(17)12-18-8-4-3-5-9-18/h3-11,13H,12,14-16H2,1-2H3. The zero-order valence-electron chi connectivity index (χ0n) is 18.6.